The summed E-state index contributed by atoms with van der Waals surface area (Å²) in [5, 5.41) is 18.3. The van der Waals surface area contributed by atoms with Gasteiger partial charge in [0.1, 0.15) is 6.10 Å². The molecule has 1 fully saturated rings. The molecule has 1 amide bonds. The minimum absolute atomic E-state index is 0.189. The van der Waals surface area contributed by atoms with Gasteiger partial charge in [0.2, 0.25) is 0 Å². The summed E-state index contributed by atoms with van der Waals surface area (Å²) >= 11 is 0. The maximum Gasteiger partial charge on any atom is 0.404 e. The number of aliphatic hydroxyl groups is 2. The number of amides is 1. The molecule has 1 saturated carbocycles. The van der Waals surface area contributed by atoms with E-state index in [9.17, 15) is 9.90 Å². The predicted octanol–water partition coefficient (Wildman–Crippen LogP) is 0.384. The lowest BCUT2D eigenvalue weighted by Crippen LogP contribution is -2.29. The van der Waals surface area contributed by atoms with Crippen molar-refractivity contribution in [1.82, 2.24) is 0 Å². The molecule has 0 saturated heterocycles. The molecule has 1 atom stereocenters. The minimum atomic E-state index is -0.843. The summed E-state index contributed by atoms with van der Waals surface area (Å²) < 4.78 is 4.76. The second-order valence-corrected chi connectivity index (χ2v) is 4.15. The lowest BCUT2D eigenvalue weighted by molar-refractivity contribution is 0.0344. The zero-order chi connectivity index (χ0) is 11.3. The molecule has 0 aromatic heterocycles. The number of rotatable bonds is 4. The summed E-state index contributed by atoms with van der Waals surface area (Å²) in [6, 6.07) is 0. The van der Waals surface area contributed by atoms with Gasteiger partial charge >= 0.3 is 6.09 Å². The summed E-state index contributed by atoms with van der Waals surface area (Å²) in [6.07, 6.45) is 2.52. The number of carbonyl (C=O) groups excluding carboxylic acids is 1. The van der Waals surface area contributed by atoms with E-state index >= 15 is 0 Å². The lowest BCUT2D eigenvalue weighted by atomic mass is 9.84. The van der Waals surface area contributed by atoms with Crippen LogP contribution in [0, 0.1) is 5.92 Å². The highest BCUT2D eigenvalue weighted by molar-refractivity contribution is 5.64. The number of nitrogens with two attached hydrogens (primary N) is 1. The molecule has 0 heterocycles. The third-order valence-corrected chi connectivity index (χ3v) is 2.90. The first-order valence-corrected chi connectivity index (χ1v) is 5.36. The molecule has 1 unspecified atom stereocenters. The van der Waals surface area contributed by atoms with Gasteiger partial charge in [0, 0.05) is 0 Å². The fraction of sp³-hybridized carbons (Fsp3) is 0.900. The highest BCUT2D eigenvalue weighted by atomic mass is 16.6. The smallest absolute Gasteiger partial charge is 0.404 e. The highest BCUT2D eigenvalue weighted by Crippen LogP contribution is 2.28. The fourth-order valence-corrected chi connectivity index (χ4v) is 2.08. The summed E-state index contributed by atoms with van der Waals surface area (Å²) in [7, 11) is 0. The molecule has 4 N–H and O–H groups in total. The van der Waals surface area contributed by atoms with Gasteiger partial charge in [-0.3, -0.25) is 0 Å². The standard InChI is InChI=1S/C10H19NO4/c11-10(14)15-9(6-12)5-7-1-3-8(13)4-2-7/h7-9,12-13H,1-6H2,(H2,11,14). The second kappa shape index (κ2) is 5.92. The van der Waals surface area contributed by atoms with Crippen molar-refractivity contribution in [2.75, 3.05) is 6.61 Å². The Hall–Kier alpha value is -0.810. The zero-order valence-electron chi connectivity index (χ0n) is 8.76. The van der Waals surface area contributed by atoms with Gasteiger partial charge in [-0.05, 0) is 38.0 Å². The molecule has 0 aromatic rings. The first-order chi connectivity index (χ1) is 7.11. The van der Waals surface area contributed by atoms with Crippen molar-refractivity contribution in [2.45, 2.75) is 44.3 Å². The van der Waals surface area contributed by atoms with Crippen LogP contribution >= 0.6 is 0 Å². The quantitative estimate of drug-likeness (QED) is 0.634. The first kappa shape index (κ1) is 12.3. The number of primary amides is 1. The molecule has 0 spiro atoms. The number of hydrogen-bond acceptors (Lipinski definition) is 4. The van der Waals surface area contributed by atoms with Crippen molar-refractivity contribution in [1.29, 1.82) is 0 Å². The van der Waals surface area contributed by atoms with E-state index in [0.29, 0.717) is 12.3 Å². The van der Waals surface area contributed by atoms with Gasteiger partial charge in [0.15, 0.2) is 0 Å². The van der Waals surface area contributed by atoms with Gasteiger partial charge < -0.3 is 20.7 Å². The van der Waals surface area contributed by atoms with Crippen LogP contribution in [-0.2, 0) is 4.74 Å². The maximum absolute atomic E-state index is 10.5. The van der Waals surface area contributed by atoms with Gasteiger partial charge in [0.05, 0.1) is 12.7 Å². The Morgan fingerprint density at radius 1 is 1.40 bits per heavy atom. The molecule has 0 radical (unpaired) electrons. The van der Waals surface area contributed by atoms with Crippen molar-refractivity contribution in [3.63, 3.8) is 0 Å². The zero-order valence-corrected chi connectivity index (χ0v) is 8.76. The van der Waals surface area contributed by atoms with E-state index < -0.39 is 12.2 Å². The van der Waals surface area contributed by atoms with Crippen LogP contribution in [0.25, 0.3) is 0 Å². The molecule has 5 nitrogen and oxygen atoms in total. The molecular formula is C10H19NO4. The monoisotopic (exact) mass is 217 g/mol. The van der Waals surface area contributed by atoms with E-state index in [1.54, 1.807) is 0 Å². The number of aliphatic hydroxyl groups excluding tert-OH is 2. The van der Waals surface area contributed by atoms with E-state index in [0.717, 1.165) is 25.7 Å². The van der Waals surface area contributed by atoms with E-state index in [4.69, 9.17) is 15.6 Å². The van der Waals surface area contributed by atoms with Gasteiger partial charge in [0.25, 0.3) is 0 Å². The Bertz CT molecular complexity index is 202. The highest BCUT2D eigenvalue weighted by Gasteiger charge is 2.23. The lowest BCUT2D eigenvalue weighted by Gasteiger charge is -2.27. The summed E-state index contributed by atoms with van der Waals surface area (Å²) in [4.78, 5) is 10.5. The number of ether oxygens (including phenoxy) is 1. The summed E-state index contributed by atoms with van der Waals surface area (Å²) in [5.41, 5.74) is 4.88. The molecule has 0 aromatic carbocycles. The third kappa shape index (κ3) is 4.48. The Morgan fingerprint density at radius 3 is 2.47 bits per heavy atom. The van der Waals surface area contributed by atoms with Gasteiger partial charge in [-0.25, -0.2) is 4.79 Å². The molecule has 0 aliphatic heterocycles. The van der Waals surface area contributed by atoms with Crippen LogP contribution < -0.4 is 5.73 Å². The van der Waals surface area contributed by atoms with Crippen LogP contribution in [0.4, 0.5) is 4.79 Å². The average molecular weight is 217 g/mol. The van der Waals surface area contributed by atoms with Gasteiger partial charge in [-0.1, -0.05) is 0 Å². The SMILES string of the molecule is NC(=O)OC(CO)CC1CCC(O)CC1. The van der Waals surface area contributed by atoms with E-state index in [2.05, 4.69) is 0 Å². The summed E-state index contributed by atoms with van der Waals surface area (Å²) in [6.45, 7) is -0.192. The third-order valence-electron chi connectivity index (χ3n) is 2.90. The molecule has 5 heteroatoms. The van der Waals surface area contributed by atoms with E-state index in [-0.39, 0.29) is 12.7 Å². The Morgan fingerprint density at radius 2 is 2.00 bits per heavy atom. The van der Waals surface area contributed by atoms with Gasteiger partial charge in [-0.15, -0.1) is 0 Å². The van der Waals surface area contributed by atoms with Crippen molar-refractivity contribution < 1.29 is 19.7 Å². The molecular weight excluding hydrogens is 198 g/mol. The Balaban J connectivity index is 2.28. The predicted molar refractivity (Wildman–Crippen MR) is 54.1 cm³/mol. The number of carbonyl (C=O) groups is 1. The molecule has 1 rings (SSSR count). The molecule has 1 aliphatic carbocycles. The Labute approximate surface area is 89.2 Å². The van der Waals surface area contributed by atoms with Crippen molar-refractivity contribution >= 4 is 6.09 Å². The number of hydrogen-bond donors (Lipinski definition) is 3. The van der Waals surface area contributed by atoms with Gasteiger partial charge in [-0.2, -0.15) is 0 Å². The normalized spacial score (nSPS) is 28.4. The largest absolute Gasteiger partial charge is 0.444 e. The fourth-order valence-electron chi connectivity index (χ4n) is 2.08. The molecule has 1 aliphatic rings. The van der Waals surface area contributed by atoms with Crippen molar-refractivity contribution in [3.8, 4) is 0 Å². The summed E-state index contributed by atoms with van der Waals surface area (Å²) in [5.74, 6) is 0.407. The average Bonchev–Trinajstić information content (AvgIpc) is 2.19. The van der Waals surface area contributed by atoms with Crippen LogP contribution in [0.2, 0.25) is 0 Å². The van der Waals surface area contributed by atoms with Crippen LogP contribution in [-0.4, -0.2) is 35.1 Å². The van der Waals surface area contributed by atoms with Crippen molar-refractivity contribution in [3.05, 3.63) is 0 Å². The van der Waals surface area contributed by atoms with Crippen LogP contribution in [0.5, 0.6) is 0 Å². The minimum Gasteiger partial charge on any atom is -0.444 e. The van der Waals surface area contributed by atoms with E-state index in [1.807, 2.05) is 0 Å². The maximum atomic E-state index is 10.5. The van der Waals surface area contributed by atoms with Crippen molar-refractivity contribution in [2.24, 2.45) is 11.7 Å². The first-order valence-electron chi connectivity index (χ1n) is 5.36. The molecule has 88 valence electrons. The molecule has 0 bridgehead atoms. The van der Waals surface area contributed by atoms with Crippen LogP contribution in [0.3, 0.4) is 0 Å². The topological polar surface area (TPSA) is 92.8 Å². The molecule has 15 heavy (non-hydrogen) atoms. The van der Waals surface area contributed by atoms with Crippen LogP contribution in [0.1, 0.15) is 32.1 Å². The second-order valence-electron chi connectivity index (χ2n) is 4.15. The van der Waals surface area contributed by atoms with Crippen LogP contribution in [0.15, 0.2) is 0 Å². The Kier molecular flexibility index (Phi) is 4.84. The van der Waals surface area contributed by atoms with E-state index in [1.165, 1.54) is 0 Å².